The molecule has 0 spiro atoms. The maximum atomic E-state index is 14.6. The molecule has 8 rings (SSSR count). The van der Waals surface area contributed by atoms with Gasteiger partial charge in [-0.15, -0.1) is 0 Å². The van der Waals surface area contributed by atoms with Crippen molar-refractivity contribution in [2.75, 3.05) is 13.1 Å². The lowest BCUT2D eigenvalue weighted by Gasteiger charge is -2.09. The highest BCUT2D eigenvalue weighted by molar-refractivity contribution is 7.99. The zero-order valence-electron chi connectivity index (χ0n) is 32.2. The number of nitrogens with zero attached hydrogens (tertiary/aromatic N) is 2. The summed E-state index contributed by atoms with van der Waals surface area (Å²) in [7, 11) is 0. The van der Waals surface area contributed by atoms with Crippen LogP contribution in [0.2, 0.25) is 0 Å². The van der Waals surface area contributed by atoms with Gasteiger partial charge >= 0.3 is 0 Å². The van der Waals surface area contributed by atoms with Crippen molar-refractivity contribution in [1.29, 1.82) is 0 Å². The molecule has 0 fully saturated rings. The van der Waals surface area contributed by atoms with Crippen molar-refractivity contribution in [3.8, 4) is 0 Å². The molecule has 2 N–H and O–H groups in total. The Balaban J connectivity index is 0.000000177. The summed E-state index contributed by atoms with van der Waals surface area (Å²) in [5.41, 5.74) is 6.80. The first kappa shape index (κ1) is 40.4. The Bertz CT molecular complexity index is 2540. The second kappa shape index (κ2) is 19.1. The highest BCUT2D eigenvalue weighted by Crippen LogP contribution is 2.43. The third-order valence-electron chi connectivity index (χ3n) is 9.49. The molecule has 0 aromatic heterocycles. The quantitative estimate of drug-likeness (QED) is 0.135. The SMILES string of the molecule is CCCCNC(=O)c1ccc2c(c1)N=C(c1cccc(F)c1)c1ccccc1S2.CCCCNC(=O)c1ccc2c(c1)N=C(c1ccccc1F)c1ccccc1S2. The Labute approximate surface area is 346 Å². The molecule has 6 aromatic carbocycles. The summed E-state index contributed by atoms with van der Waals surface area (Å²) in [5.74, 6) is -0.835. The van der Waals surface area contributed by atoms with Crippen LogP contribution in [0.15, 0.2) is 163 Å². The predicted molar refractivity (Wildman–Crippen MR) is 232 cm³/mol. The van der Waals surface area contributed by atoms with Crippen molar-refractivity contribution >= 4 is 58.1 Å². The van der Waals surface area contributed by atoms with Gasteiger partial charge in [-0.05, 0) is 85.6 Å². The largest absolute Gasteiger partial charge is 0.352 e. The highest BCUT2D eigenvalue weighted by atomic mass is 32.2. The molecule has 10 heteroatoms. The van der Waals surface area contributed by atoms with E-state index in [-0.39, 0.29) is 23.4 Å². The molecule has 0 unspecified atom stereocenters. The average Bonchev–Trinajstić information content (AvgIpc) is 3.51. The van der Waals surface area contributed by atoms with Crippen molar-refractivity contribution in [2.45, 2.75) is 59.1 Å². The van der Waals surface area contributed by atoms with Gasteiger partial charge in [0.05, 0.1) is 22.8 Å². The van der Waals surface area contributed by atoms with Gasteiger partial charge in [-0.1, -0.05) is 111 Å². The van der Waals surface area contributed by atoms with Crippen LogP contribution in [-0.2, 0) is 0 Å². The van der Waals surface area contributed by atoms with E-state index >= 15 is 0 Å². The van der Waals surface area contributed by atoms with Gasteiger partial charge in [-0.25, -0.2) is 18.8 Å². The van der Waals surface area contributed by atoms with E-state index in [9.17, 15) is 18.4 Å². The predicted octanol–water partition coefficient (Wildman–Crippen LogP) is 12.0. The molecule has 6 aromatic rings. The Hall–Kier alpha value is -5.84. The fourth-order valence-electron chi connectivity index (χ4n) is 6.44. The molecule has 0 aliphatic carbocycles. The number of amides is 2. The molecule has 0 bridgehead atoms. The van der Waals surface area contributed by atoms with E-state index < -0.39 is 0 Å². The zero-order chi connectivity index (χ0) is 40.4. The van der Waals surface area contributed by atoms with Crippen LogP contribution in [0.5, 0.6) is 0 Å². The number of benzene rings is 6. The van der Waals surface area contributed by atoms with E-state index in [1.54, 1.807) is 53.9 Å². The molecule has 58 heavy (non-hydrogen) atoms. The summed E-state index contributed by atoms with van der Waals surface area (Å²) >= 11 is 3.19. The van der Waals surface area contributed by atoms with Crippen molar-refractivity contribution in [3.05, 3.63) is 178 Å². The average molecular weight is 809 g/mol. The van der Waals surface area contributed by atoms with Gasteiger partial charge in [0.15, 0.2) is 0 Å². The highest BCUT2D eigenvalue weighted by Gasteiger charge is 2.23. The summed E-state index contributed by atoms with van der Waals surface area (Å²) in [5, 5.41) is 5.88. The Kier molecular flexibility index (Phi) is 13.3. The molecular formula is C48H42F2N4O2S2. The molecule has 0 radical (unpaired) electrons. The summed E-state index contributed by atoms with van der Waals surface area (Å²) in [6, 6.07) is 40.0. The molecule has 0 saturated heterocycles. The standard InChI is InChI=1S/2C24H21FN2OS/c1-2-3-14-26-24(28)16-12-13-22-20(15-16)27-23(17-8-4-6-10-19(17)25)18-9-5-7-11-21(18)29-22;1-2-3-13-26-24(28)17-11-12-22-20(15-17)27-23(16-7-6-8-18(25)14-16)19-9-4-5-10-21(19)29-22/h4-13,15H,2-3,14H2,1H3,(H,26,28);4-12,14-15H,2-3,13H2,1H3,(H,26,28). The molecule has 0 saturated carbocycles. The fourth-order valence-corrected chi connectivity index (χ4v) is 8.45. The number of fused-ring (bicyclic) bond motifs is 4. The van der Waals surface area contributed by atoms with Gasteiger partial charge in [-0.3, -0.25) is 9.59 Å². The van der Waals surface area contributed by atoms with E-state index in [0.29, 0.717) is 58.1 Å². The van der Waals surface area contributed by atoms with Crippen LogP contribution in [0.1, 0.15) is 82.5 Å². The number of hydrogen-bond donors (Lipinski definition) is 2. The topological polar surface area (TPSA) is 82.9 Å². The first-order chi connectivity index (χ1) is 28.3. The van der Waals surface area contributed by atoms with Gasteiger partial charge in [0.2, 0.25) is 0 Å². The third-order valence-corrected chi connectivity index (χ3v) is 11.8. The van der Waals surface area contributed by atoms with E-state index in [1.807, 2.05) is 84.9 Å². The monoisotopic (exact) mass is 808 g/mol. The van der Waals surface area contributed by atoms with E-state index in [1.165, 1.54) is 18.2 Å². The second-order valence-corrected chi connectivity index (χ2v) is 15.9. The summed E-state index contributed by atoms with van der Waals surface area (Å²) in [6.45, 7) is 5.48. The van der Waals surface area contributed by atoms with Gasteiger partial charge in [0.25, 0.3) is 11.8 Å². The fraction of sp³-hybridized carbons (Fsp3) is 0.167. The van der Waals surface area contributed by atoms with Crippen LogP contribution in [0, 0.1) is 11.6 Å². The first-order valence-electron chi connectivity index (χ1n) is 19.4. The molecule has 2 aliphatic rings. The number of halogens is 2. The molecule has 2 aliphatic heterocycles. The van der Waals surface area contributed by atoms with Gasteiger partial charge < -0.3 is 10.6 Å². The number of unbranched alkanes of at least 4 members (excludes halogenated alkanes) is 2. The molecule has 292 valence electrons. The Morgan fingerprint density at radius 1 is 0.534 bits per heavy atom. The van der Waals surface area contributed by atoms with Crippen LogP contribution in [0.4, 0.5) is 20.2 Å². The summed E-state index contributed by atoms with van der Waals surface area (Å²) in [4.78, 5) is 38.6. The van der Waals surface area contributed by atoms with Crippen LogP contribution in [-0.4, -0.2) is 36.3 Å². The molecule has 2 amide bonds. The molecular weight excluding hydrogens is 767 g/mol. The third kappa shape index (κ3) is 9.47. The van der Waals surface area contributed by atoms with Crippen LogP contribution in [0.3, 0.4) is 0 Å². The molecule has 2 heterocycles. The number of hydrogen-bond acceptors (Lipinski definition) is 6. The first-order valence-corrected chi connectivity index (χ1v) is 21.0. The smallest absolute Gasteiger partial charge is 0.251 e. The molecule has 0 atom stereocenters. The number of rotatable bonds is 10. The van der Waals surface area contributed by atoms with Crippen LogP contribution >= 0.6 is 23.5 Å². The van der Waals surface area contributed by atoms with Crippen molar-refractivity contribution in [3.63, 3.8) is 0 Å². The minimum Gasteiger partial charge on any atom is -0.352 e. The summed E-state index contributed by atoms with van der Waals surface area (Å²) in [6.07, 6.45) is 3.94. The lowest BCUT2D eigenvalue weighted by atomic mass is 10.0. The Morgan fingerprint density at radius 2 is 1.03 bits per heavy atom. The van der Waals surface area contributed by atoms with E-state index in [0.717, 1.165) is 56.4 Å². The van der Waals surface area contributed by atoms with Gasteiger partial charge in [-0.2, -0.15) is 0 Å². The minimum atomic E-state index is -0.317. The van der Waals surface area contributed by atoms with Crippen LogP contribution in [0.25, 0.3) is 0 Å². The second-order valence-electron chi connectivity index (χ2n) is 13.7. The maximum absolute atomic E-state index is 14.6. The van der Waals surface area contributed by atoms with Crippen molar-refractivity contribution < 1.29 is 18.4 Å². The van der Waals surface area contributed by atoms with Crippen molar-refractivity contribution in [1.82, 2.24) is 10.6 Å². The lowest BCUT2D eigenvalue weighted by molar-refractivity contribution is 0.0945. The van der Waals surface area contributed by atoms with Gasteiger partial charge in [0.1, 0.15) is 11.6 Å². The maximum Gasteiger partial charge on any atom is 0.251 e. The van der Waals surface area contributed by atoms with Crippen molar-refractivity contribution in [2.24, 2.45) is 9.98 Å². The summed E-state index contributed by atoms with van der Waals surface area (Å²) < 4.78 is 28.5. The number of aliphatic imine (C=N–C) groups is 2. The Morgan fingerprint density at radius 3 is 1.57 bits per heavy atom. The lowest BCUT2D eigenvalue weighted by Crippen LogP contribution is -2.24. The van der Waals surface area contributed by atoms with E-state index in [4.69, 9.17) is 9.98 Å². The number of carbonyl (C=O) groups excluding carboxylic acids is 2. The normalized spacial score (nSPS) is 12.4. The zero-order valence-corrected chi connectivity index (χ0v) is 33.9. The van der Waals surface area contributed by atoms with Crippen LogP contribution < -0.4 is 10.6 Å². The number of carbonyl (C=O) groups is 2. The van der Waals surface area contributed by atoms with E-state index in [2.05, 4.69) is 24.5 Å². The van der Waals surface area contributed by atoms with Gasteiger partial charge in [0, 0.05) is 66.1 Å². The minimum absolute atomic E-state index is 0.101. The number of nitrogens with one attached hydrogen (secondary N) is 2. The molecule has 6 nitrogen and oxygen atoms in total.